The predicted octanol–water partition coefficient (Wildman–Crippen LogP) is 1.18. The molecule has 0 amide bonds. The van der Waals surface area contributed by atoms with Crippen LogP contribution in [0.1, 0.15) is 19.4 Å². The summed E-state index contributed by atoms with van der Waals surface area (Å²) in [4.78, 5) is 23.7. The van der Waals surface area contributed by atoms with Crippen LogP contribution >= 0.6 is 0 Å². The fourth-order valence-electron chi connectivity index (χ4n) is 1.91. The van der Waals surface area contributed by atoms with Crippen molar-refractivity contribution in [3.05, 3.63) is 36.0 Å². The van der Waals surface area contributed by atoms with Gasteiger partial charge in [0.25, 0.3) is 0 Å². The lowest BCUT2D eigenvalue weighted by Crippen LogP contribution is -2.34. The third-order valence-electron chi connectivity index (χ3n) is 3.44. The summed E-state index contributed by atoms with van der Waals surface area (Å²) in [6, 6.07) is 6.20. The van der Waals surface area contributed by atoms with E-state index in [1.165, 1.54) is 0 Å². The van der Waals surface area contributed by atoms with Crippen molar-refractivity contribution in [1.29, 1.82) is 0 Å². The molecule has 2 aromatic rings. The molecule has 0 fully saturated rings. The summed E-state index contributed by atoms with van der Waals surface area (Å²) in [7, 11) is 0. The van der Waals surface area contributed by atoms with E-state index in [0.29, 0.717) is 6.42 Å². The van der Waals surface area contributed by atoms with Gasteiger partial charge >= 0.3 is 11.9 Å². The van der Waals surface area contributed by atoms with Crippen molar-refractivity contribution in [3.8, 4) is 0 Å². The third-order valence-corrected chi connectivity index (χ3v) is 3.44. The Morgan fingerprint density at radius 2 is 1.74 bits per heavy atom. The molecule has 7 heteroatoms. The molecule has 0 bridgehead atoms. The Bertz CT molecular complexity index is 666. The van der Waals surface area contributed by atoms with Gasteiger partial charge in [-0.2, -0.15) is 0 Å². The first kappa shape index (κ1) is 18.7. The molecule has 126 valence electrons. The number of carboxylic acid groups (broad SMARTS) is 2. The van der Waals surface area contributed by atoms with Crippen LogP contribution < -0.4 is 11.5 Å². The Morgan fingerprint density at radius 1 is 1.13 bits per heavy atom. The SMILES string of the molecule is CC(C)[C@H](N)C(=O)O.NC(Cc1c[nH]c2ccccc12)C(=O)O. The molecule has 2 atom stereocenters. The highest BCUT2D eigenvalue weighted by Gasteiger charge is 2.15. The second-order valence-corrected chi connectivity index (χ2v) is 5.62. The number of nitrogens with one attached hydrogen (secondary N) is 1. The van der Waals surface area contributed by atoms with E-state index in [2.05, 4.69) is 4.98 Å². The molecule has 7 nitrogen and oxygen atoms in total. The zero-order valence-corrected chi connectivity index (χ0v) is 13.2. The fraction of sp³-hybridized carbons (Fsp3) is 0.375. The van der Waals surface area contributed by atoms with E-state index in [-0.39, 0.29) is 5.92 Å². The van der Waals surface area contributed by atoms with Crippen LogP contribution in [0.3, 0.4) is 0 Å². The Labute approximate surface area is 134 Å². The number of nitrogens with two attached hydrogens (primary N) is 2. The Kier molecular flexibility index (Phi) is 6.74. The van der Waals surface area contributed by atoms with Gasteiger partial charge in [0.2, 0.25) is 0 Å². The number of H-pyrrole nitrogens is 1. The Morgan fingerprint density at radius 3 is 2.22 bits per heavy atom. The van der Waals surface area contributed by atoms with Gasteiger partial charge in [-0.1, -0.05) is 32.0 Å². The smallest absolute Gasteiger partial charge is 0.320 e. The van der Waals surface area contributed by atoms with Gasteiger partial charge in [0.15, 0.2) is 0 Å². The maximum atomic E-state index is 10.6. The number of hydrogen-bond donors (Lipinski definition) is 5. The van der Waals surface area contributed by atoms with Gasteiger partial charge in [-0.05, 0) is 17.5 Å². The van der Waals surface area contributed by atoms with E-state index in [1.807, 2.05) is 30.5 Å². The number of para-hydroxylation sites is 1. The molecule has 0 aliphatic rings. The second kappa shape index (κ2) is 8.30. The van der Waals surface area contributed by atoms with Crippen molar-refractivity contribution in [2.75, 3.05) is 0 Å². The molecule has 0 saturated carbocycles. The summed E-state index contributed by atoms with van der Waals surface area (Å²) in [5.74, 6) is -1.88. The molecule has 1 aromatic heterocycles. The quantitative estimate of drug-likeness (QED) is 0.559. The number of benzene rings is 1. The first-order valence-electron chi connectivity index (χ1n) is 7.25. The van der Waals surface area contributed by atoms with Gasteiger partial charge in [0.05, 0.1) is 0 Å². The van der Waals surface area contributed by atoms with Gasteiger partial charge in [0.1, 0.15) is 12.1 Å². The van der Waals surface area contributed by atoms with Crippen LogP contribution in [0.25, 0.3) is 10.9 Å². The number of rotatable bonds is 5. The van der Waals surface area contributed by atoms with Crippen LogP contribution in [-0.4, -0.2) is 39.2 Å². The van der Waals surface area contributed by atoms with E-state index >= 15 is 0 Å². The summed E-state index contributed by atoms with van der Waals surface area (Å²) in [6.07, 6.45) is 2.16. The number of carbonyl (C=O) groups is 2. The van der Waals surface area contributed by atoms with Crippen LogP contribution in [0.2, 0.25) is 0 Å². The summed E-state index contributed by atoms with van der Waals surface area (Å²) >= 11 is 0. The van der Waals surface area contributed by atoms with Gasteiger partial charge < -0.3 is 26.7 Å². The number of aromatic amines is 1. The summed E-state index contributed by atoms with van der Waals surface area (Å²) in [6.45, 7) is 3.55. The zero-order chi connectivity index (χ0) is 17.6. The Balaban J connectivity index is 0.000000284. The van der Waals surface area contributed by atoms with Crippen molar-refractivity contribution in [3.63, 3.8) is 0 Å². The molecule has 0 aliphatic heterocycles. The summed E-state index contributed by atoms with van der Waals surface area (Å²) in [5.41, 5.74) is 12.6. The molecule has 7 N–H and O–H groups in total. The summed E-state index contributed by atoms with van der Waals surface area (Å²) < 4.78 is 0. The van der Waals surface area contributed by atoms with Gasteiger partial charge in [-0.25, -0.2) is 0 Å². The van der Waals surface area contributed by atoms with E-state index in [4.69, 9.17) is 21.7 Å². The normalized spacial score (nSPS) is 13.3. The van der Waals surface area contributed by atoms with Crippen LogP contribution in [0.5, 0.6) is 0 Å². The lowest BCUT2D eigenvalue weighted by molar-refractivity contribution is -0.140. The van der Waals surface area contributed by atoms with Crippen LogP contribution in [0.4, 0.5) is 0 Å². The van der Waals surface area contributed by atoms with Crippen molar-refractivity contribution in [2.24, 2.45) is 17.4 Å². The lowest BCUT2D eigenvalue weighted by atomic mass is 10.1. The topological polar surface area (TPSA) is 142 Å². The molecule has 0 radical (unpaired) electrons. The summed E-state index contributed by atoms with van der Waals surface area (Å²) in [5, 5.41) is 18.0. The molecule has 2 rings (SSSR count). The van der Waals surface area contributed by atoms with Crippen molar-refractivity contribution in [2.45, 2.75) is 32.4 Å². The highest BCUT2D eigenvalue weighted by molar-refractivity contribution is 5.84. The van der Waals surface area contributed by atoms with Crippen LogP contribution in [0, 0.1) is 5.92 Å². The molecule has 0 spiro atoms. The number of fused-ring (bicyclic) bond motifs is 1. The van der Waals surface area contributed by atoms with E-state index in [9.17, 15) is 9.59 Å². The number of aliphatic carboxylic acids is 2. The molecule has 0 saturated heterocycles. The highest BCUT2D eigenvalue weighted by Crippen LogP contribution is 2.18. The van der Waals surface area contributed by atoms with Crippen LogP contribution in [-0.2, 0) is 16.0 Å². The second-order valence-electron chi connectivity index (χ2n) is 5.62. The monoisotopic (exact) mass is 321 g/mol. The molecule has 1 unspecified atom stereocenters. The first-order chi connectivity index (χ1) is 10.7. The van der Waals surface area contributed by atoms with E-state index < -0.39 is 24.0 Å². The minimum Gasteiger partial charge on any atom is -0.480 e. The zero-order valence-electron chi connectivity index (χ0n) is 13.2. The molecule has 0 aliphatic carbocycles. The van der Waals surface area contributed by atoms with Crippen LogP contribution in [0.15, 0.2) is 30.5 Å². The predicted molar refractivity (Wildman–Crippen MR) is 88.1 cm³/mol. The molecular weight excluding hydrogens is 298 g/mol. The lowest BCUT2D eigenvalue weighted by Gasteiger charge is -2.07. The van der Waals surface area contributed by atoms with E-state index in [0.717, 1.165) is 16.5 Å². The fourth-order valence-corrected chi connectivity index (χ4v) is 1.91. The standard InChI is InChI=1S/C11H12N2O2.C5H11NO2/c12-9(11(14)15)5-7-6-13-10-4-2-1-3-8(7)10;1-3(2)4(6)5(7)8/h1-4,6,9,13H,5,12H2,(H,14,15);3-4H,6H2,1-2H3,(H,7,8)/t;4-/m.0/s1. The first-order valence-corrected chi connectivity index (χ1v) is 7.25. The maximum Gasteiger partial charge on any atom is 0.320 e. The average molecular weight is 321 g/mol. The third kappa shape index (κ3) is 5.39. The largest absolute Gasteiger partial charge is 0.480 e. The number of hydrogen-bond acceptors (Lipinski definition) is 4. The maximum absolute atomic E-state index is 10.6. The molecular formula is C16H23N3O4. The van der Waals surface area contributed by atoms with Crippen molar-refractivity contribution >= 4 is 22.8 Å². The molecule has 23 heavy (non-hydrogen) atoms. The number of carboxylic acids is 2. The molecule has 1 heterocycles. The van der Waals surface area contributed by atoms with Crippen molar-refractivity contribution < 1.29 is 19.8 Å². The molecule has 1 aromatic carbocycles. The number of aromatic nitrogens is 1. The van der Waals surface area contributed by atoms with Crippen molar-refractivity contribution in [1.82, 2.24) is 4.98 Å². The minimum absolute atomic E-state index is 0.0208. The van der Waals surface area contributed by atoms with E-state index in [1.54, 1.807) is 13.8 Å². The van der Waals surface area contributed by atoms with Gasteiger partial charge in [0, 0.05) is 23.5 Å². The Hall–Kier alpha value is -2.38. The van der Waals surface area contributed by atoms with Gasteiger partial charge in [-0.15, -0.1) is 0 Å². The van der Waals surface area contributed by atoms with Gasteiger partial charge in [-0.3, -0.25) is 9.59 Å². The average Bonchev–Trinajstić information content (AvgIpc) is 2.90. The highest BCUT2D eigenvalue weighted by atomic mass is 16.4. The minimum atomic E-state index is -0.972.